The lowest BCUT2D eigenvalue weighted by Gasteiger charge is -2.29. The first-order chi connectivity index (χ1) is 8.83. The van der Waals surface area contributed by atoms with Gasteiger partial charge in [-0.05, 0) is 25.3 Å². The summed E-state index contributed by atoms with van der Waals surface area (Å²) in [6, 6.07) is 0.423. The van der Waals surface area contributed by atoms with Crippen molar-refractivity contribution in [3.05, 3.63) is 17.5 Å². The number of carbonyl (C=O) groups excluding carboxylic acids is 1. The van der Waals surface area contributed by atoms with Gasteiger partial charge < -0.3 is 14.7 Å². The number of fused-ring (bicyclic) bond motifs is 3. The minimum absolute atomic E-state index is 0.214. The van der Waals surface area contributed by atoms with E-state index in [2.05, 4.69) is 10.5 Å². The Morgan fingerprint density at radius 1 is 1.50 bits per heavy atom. The fourth-order valence-corrected chi connectivity index (χ4v) is 3.76. The van der Waals surface area contributed by atoms with E-state index >= 15 is 0 Å². The van der Waals surface area contributed by atoms with Crippen LogP contribution < -0.4 is 5.32 Å². The maximum atomic E-state index is 12.6. The smallest absolute Gasteiger partial charge is 0.227 e. The highest BCUT2D eigenvalue weighted by atomic mass is 16.5. The van der Waals surface area contributed by atoms with Crippen molar-refractivity contribution in [3.63, 3.8) is 0 Å². The first-order valence-electron chi connectivity index (χ1n) is 6.77. The second-order valence-corrected chi connectivity index (χ2v) is 5.67. The van der Waals surface area contributed by atoms with Gasteiger partial charge in [-0.2, -0.15) is 0 Å². The average Bonchev–Trinajstić information content (AvgIpc) is 3.12. The molecule has 2 aliphatic heterocycles. The van der Waals surface area contributed by atoms with Crippen LogP contribution in [0.3, 0.4) is 0 Å². The van der Waals surface area contributed by atoms with Crippen LogP contribution in [0.1, 0.15) is 24.1 Å². The summed E-state index contributed by atoms with van der Waals surface area (Å²) in [5.74, 6) is 1.11. The van der Waals surface area contributed by atoms with Gasteiger partial charge in [0.25, 0.3) is 0 Å². The Balaban J connectivity index is 1.53. The number of carbonyl (C=O) groups is 1. The number of aromatic nitrogens is 1. The zero-order valence-corrected chi connectivity index (χ0v) is 10.3. The molecule has 2 fully saturated rings. The third-order valence-corrected chi connectivity index (χ3v) is 4.74. The standard InChI is InChI=1S/C13H17N3O2/c17-13(12-8-1-2-11(12)14-5-8)16-4-3-10-9(6-16)7-18-15-10/h7-8,11-12,14H,1-6H2/t8-,11-,12+/m0/s1. The second-order valence-electron chi connectivity index (χ2n) is 5.67. The van der Waals surface area contributed by atoms with Gasteiger partial charge >= 0.3 is 0 Å². The third kappa shape index (κ3) is 1.43. The molecule has 0 spiro atoms. The van der Waals surface area contributed by atoms with E-state index in [4.69, 9.17) is 4.52 Å². The van der Waals surface area contributed by atoms with Crippen molar-refractivity contribution in [2.24, 2.45) is 11.8 Å². The van der Waals surface area contributed by atoms with Crippen LogP contribution in [0.5, 0.6) is 0 Å². The van der Waals surface area contributed by atoms with Crippen LogP contribution in [0.2, 0.25) is 0 Å². The van der Waals surface area contributed by atoms with Gasteiger partial charge in [0.1, 0.15) is 6.26 Å². The van der Waals surface area contributed by atoms with Crippen LogP contribution in [0.25, 0.3) is 0 Å². The van der Waals surface area contributed by atoms with Crippen molar-refractivity contribution in [3.8, 4) is 0 Å². The average molecular weight is 247 g/mol. The van der Waals surface area contributed by atoms with Gasteiger partial charge in [-0.15, -0.1) is 0 Å². The van der Waals surface area contributed by atoms with Crippen molar-refractivity contribution >= 4 is 5.91 Å². The Hall–Kier alpha value is -1.36. The summed E-state index contributed by atoms with van der Waals surface area (Å²) in [5, 5.41) is 7.43. The molecule has 2 bridgehead atoms. The summed E-state index contributed by atoms with van der Waals surface area (Å²) in [7, 11) is 0. The van der Waals surface area contributed by atoms with Crippen molar-refractivity contribution in [1.29, 1.82) is 0 Å². The highest BCUT2D eigenvalue weighted by molar-refractivity contribution is 5.81. The van der Waals surface area contributed by atoms with E-state index in [9.17, 15) is 4.79 Å². The van der Waals surface area contributed by atoms with E-state index < -0.39 is 0 Å². The van der Waals surface area contributed by atoms with Gasteiger partial charge in [0.05, 0.1) is 18.2 Å². The fraction of sp³-hybridized carbons (Fsp3) is 0.692. The first kappa shape index (κ1) is 10.6. The van der Waals surface area contributed by atoms with Crippen molar-refractivity contribution in [2.75, 3.05) is 13.1 Å². The molecule has 3 heterocycles. The number of nitrogens with zero attached hydrogens (tertiary/aromatic N) is 2. The molecular weight excluding hydrogens is 230 g/mol. The lowest BCUT2D eigenvalue weighted by atomic mass is 9.95. The van der Waals surface area contributed by atoms with Crippen LogP contribution in [-0.4, -0.2) is 35.1 Å². The Labute approximate surface area is 105 Å². The van der Waals surface area contributed by atoms with E-state index in [1.165, 1.54) is 6.42 Å². The van der Waals surface area contributed by atoms with Crippen molar-refractivity contribution < 1.29 is 9.32 Å². The number of hydrogen-bond donors (Lipinski definition) is 1. The normalized spacial score (nSPS) is 33.8. The highest BCUT2D eigenvalue weighted by Gasteiger charge is 2.47. The monoisotopic (exact) mass is 247 g/mol. The SMILES string of the molecule is O=C([C@@H]1[C@H]2CC[C@@H]1NC2)N1CCc2nocc2C1. The zero-order chi connectivity index (χ0) is 12.1. The van der Waals surface area contributed by atoms with E-state index in [1.54, 1.807) is 6.26 Å². The van der Waals surface area contributed by atoms with Crippen molar-refractivity contribution in [2.45, 2.75) is 31.8 Å². The van der Waals surface area contributed by atoms with Crippen LogP contribution in [0, 0.1) is 11.8 Å². The largest absolute Gasteiger partial charge is 0.364 e. The molecule has 0 unspecified atom stereocenters. The molecule has 1 saturated heterocycles. The molecule has 5 nitrogen and oxygen atoms in total. The lowest BCUT2D eigenvalue weighted by molar-refractivity contribution is -0.137. The maximum Gasteiger partial charge on any atom is 0.227 e. The number of nitrogens with one attached hydrogen (secondary N) is 1. The van der Waals surface area contributed by atoms with E-state index in [-0.39, 0.29) is 5.92 Å². The molecular formula is C13H17N3O2. The molecule has 18 heavy (non-hydrogen) atoms. The number of hydrogen-bond acceptors (Lipinski definition) is 4. The molecule has 0 radical (unpaired) electrons. The molecule has 1 N–H and O–H groups in total. The van der Waals surface area contributed by atoms with Gasteiger partial charge in [0, 0.05) is 24.6 Å². The lowest BCUT2D eigenvalue weighted by Crippen LogP contribution is -2.42. The molecule has 1 saturated carbocycles. The minimum atomic E-state index is 0.214. The summed E-state index contributed by atoms with van der Waals surface area (Å²) < 4.78 is 4.98. The van der Waals surface area contributed by atoms with Crippen LogP contribution in [0.4, 0.5) is 0 Å². The summed E-state index contributed by atoms with van der Waals surface area (Å²) >= 11 is 0. The third-order valence-electron chi connectivity index (χ3n) is 4.74. The Kier molecular flexibility index (Phi) is 2.24. The van der Waals surface area contributed by atoms with Gasteiger partial charge in [0.15, 0.2) is 0 Å². The molecule has 1 aromatic rings. The minimum Gasteiger partial charge on any atom is -0.364 e. The number of rotatable bonds is 1. The molecule has 0 aromatic carbocycles. The molecule has 1 aliphatic carbocycles. The topological polar surface area (TPSA) is 58.4 Å². The van der Waals surface area contributed by atoms with Gasteiger partial charge in [-0.3, -0.25) is 4.79 Å². The second kappa shape index (κ2) is 3.82. The van der Waals surface area contributed by atoms with Gasteiger partial charge in [-0.25, -0.2) is 0 Å². The zero-order valence-electron chi connectivity index (χ0n) is 10.3. The predicted molar refractivity (Wildman–Crippen MR) is 63.6 cm³/mol. The summed E-state index contributed by atoms with van der Waals surface area (Å²) in [6.07, 6.45) is 4.87. The molecule has 3 aliphatic rings. The summed E-state index contributed by atoms with van der Waals surface area (Å²) in [6.45, 7) is 2.48. The van der Waals surface area contributed by atoms with Crippen LogP contribution >= 0.6 is 0 Å². The Morgan fingerprint density at radius 3 is 3.17 bits per heavy atom. The molecule has 1 amide bonds. The number of piperidine rings is 1. The van der Waals surface area contributed by atoms with E-state index in [1.807, 2.05) is 4.90 Å². The predicted octanol–water partition coefficient (Wildman–Crippen LogP) is 0.557. The van der Waals surface area contributed by atoms with E-state index in [0.717, 1.165) is 37.2 Å². The molecule has 1 aromatic heterocycles. The van der Waals surface area contributed by atoms with E-state index in [0.29, 0.717) is 24.4 Å². The molecule has 5 heteroatoms. The fourth-order valence-electron chi connectivity index (χ4n) is 3.76. The Bertz CT molecular complexity index is 464. The molecule has 96 valence electrons. The summed E-state index contributed by atoms with van der Waals surface area (Å²) in [4.78, 5) is 14.6. The van der Waals surface area contributed by atoms with Crippen LogP contribution in [0.15, 0.2) is 10.8 Å². The molecule has 3 atom stereocenters. The maximum absolute atomic E-state index is 12.6. The van der Waals surface area contributed by atoms with Gasteiger partial charge in [-0.1, -0.05) is 5.16 Å². The highest BCUT2D eigenvalue weighted by Crippen LogP contribution is 2.38. The number of amides is 1. The summed E-state index contributed by atoms with van der Waals surface area (Å²) in [5.41, 5.74) is 2.10. The van der Waals surface area contributed by atoms with Crippen molar-refractivity contribution in [1.82, 2.24) is 15.4 Å². The van der Waals surface area contributed by atoms with Crippen LogP contribution in [-0.2, 0) is 17.8 Å². The quantitative estimate of drug-likeness (QED) is 0.787. The first-order valence-corrected chi connectivity index (χ1v) is 6.77. The Morgan fingerprint density at radius 2 is 2.44 bits per heavy atom. The molecule has 4 rings (SSSR count). The van der Waals surface area contributed by atoms with Gasteiger partial charge in [0.2, 0.25) is 5.91 Å².